The van der Waals surface area contributed by atoms with Gasteiger partial charge < -0.3 is 20.7 Å². The molecule has 8 heteroatoms. The fourth-order valence-electron chi connectivity index (χ4n) is 4.65. The van der Waals surface area contributed by atoms with Crippen molar-refractivity contribution in [2.75, 3.05) is 30.7 Å². The van der Waals surface area contributed by atoms with Crippen molar-refractivity contribution in [1.82, 2.24) is 14.9 Å². The number of benzene rings is 1. The van der Waals surface area contributed by atoms with E-state index in [0.717, 1.165) is 36.9 Å². The average Bonchev–Trinajstić information content (AvgIpc) is 3.04. The minimum absolute atomic E-state index is 0.0298. The van der Waals surface area contributed by atoms with E-state index in [0.29, 0.717) is 30.1 Å². The molecule has 5 rings (SSSR count). The third-order valence-electron chi connectivity index (χ3n) is 5.98. The molecule has 1 unspecified atom stereocenters. The number of carbonyl (C=O) groups is 2. The van der Waals surface area contributed by atoms with Crippen LogP contribution in [0.25, 0.3) is 0 Å². The highest BCUT2D eigenvalue weighted by Gasteiger charge is 2.44. The molecule has 1 atom stereocenters. The van der Waals surface area contributed by atoms with Gasteiger partial charge >= 0.3 is 0 Å². The topological polar surface area (TPSA) is 110 Å². The molecular weight excluding hydrogens is 358 g/mol. The maximum atomic E-state index is 13.2. The van der Waals surface area contributed by atoms with Gasteiger partial charge in [0, 0.05) is 30.3 Å². The van der Waals surface area contributed by atoms with E-state index in [-0.39, 0.29) is 29.8 Å². The fraction of sp³-hybridized carbons (Fsp3) is 0.400. The van der Waals surface area contributed by atoms with Gasteiger partial charge in [-0.3, -0.25) is 9.59 Å². The lowest BCUT2D eigenvalue weighted by molar-refractivity contribution is -0.118. The quantitative estimate of drug-likeness (QED) is 0.777. The van der Waals surface area contributed by atoms with E-state index in [1.165, 1.54) is 0 Å². The summed E-state index contributed by atoms with van der Waals surface area (Å²) in [6.07, 6.45) is 5.63. The molecule has 1 aromatic heterocycles. The molecule has 1 saturated heterocycles. The molecule has 0 radical (unpaired) electrons. The van der Waals surface area contributed by atoms with E-state index in [4.69, 9.17) is 10.5 Å². The summed E-state index contributed by atoms with van der Waals surface area (Å²) < 4.78 is 5.45. The normalized spacial score (nSPS) is 23.0. The summed E-state index contributed by atoms with van der Waals surface area (Å²) in [7, 11) is 0. The monoisotopic (exact) mass is 379 g/mol. The van der Waals surface area contributed by atoms with Crippen LogP contribution in [0.5, 0.6) is 5.75 Å². The standard InChI is InChI=1S/C20H21N5O3/c21-19-22-9-13-4-6-20(17(13)24-19)5-1-7-25(11-20)18(27)12-2-3-14-15(8-12)28-10-16(26)23-14/h2-3,8-9H,1,4-7,10-11H2,(H,23,26)(H2,21,22,24). The van der Waals surface area contributed by atoms with Gasteiger partial charge in [-0.15, -0.1) is 0 Å². The molecule has 2 aliphatic heterocycles. The second kappa shape index (κ2) is 6.19. The highest BCUT2D eigenvalue weighted by atomic mass is 16.5. The molecule has 1 spiro atoms. The fourth-order valence-corrected chi connectivity index (χ4v) is 4.65. The molecule has 2 amide bonds. The number of nitrogens with zero attached hydrogens (tertiary/aromatic N) is 3. The van der Waals surface area contributed by atoms with Crippen LogP contribution >= 0.6 is 0 Å². The molecule has 1 fully saturated rings. The number of nitrogens with one attached hydrogen (secondary N) is 1. The highest BCUT2D eigenvalue weighted by Crippen LogP contribution is 2.44. The summed E-state index contributed by atoms with van der Waals surface area (Å²) in [5, 5.41) is 2.75. The molecule has 8 nitrogen and oxygen atoms in total. The second-order valence-corrected chi connectivity index (χ2v) is 7.76. The first-order valence-electron chi connectivity index (χ1n) is 9.52. The minimum Gasteiger partial charge on any atom is -0.482 e. The number of fused-ring (bicyclic) bond motifs is 3. The van der Waals surface area contributed by atoms with Crippen LogP contribution in [0, 0.1) is 0 Å². The molecule has 2 aromatic rings. The largest absolute Gasteiger partial charge is 0.482 e. The van der Waals surface area contributed by atoms with E-state index < -0.39 is 0 Å². The Morgan fingerprint density at radius 3 is 3.11 bits per heavy atom. The summed E-state index contributed by atoms with van der Waals surface area (Å²) in [6, 6.07) is 5.17. The van der Waals surface area contributed by atoms with Crippen LogP contribution in [0.1, 0.15) is 40.9 Å². The van der Waals surface area contributed by atoms with Crippen LogP contribution < -0.4 is 15.8 Å². The van der Waals surface area contributed by atoms with Crippen molar-refractivity contribution in [1.29, 1.82) is 0 Å². The molecule has 1 aliphatic carbocycles. The predicted octanol–water partition coefficient (Wildman–Crippen LogP) is 1.51. The van der Waals surface area contributed by atoms with Crippen molar-refractivity contribution in [2.45, 2.75) is 31.1 Å². The summed E-state index contributed by atoms with van der Waals surface area (Å²) in [4.78, 5) is 35.2. The van der Waals surface area contributed by atoms with Gasteiger partial charge in [-0.05, 0) is 49.4 Å². The van der Waals surface area contributed by atoms with Crippen LogP contribution in [0.15, 0.2) is 24.4 Å². The minimum atomic E-state index is -0.189. The first-order valence-corrected chi connectivity index (χ1v) is 9.52. The summed E-state index contributed by atoms with van der Waals surface area (Å²) >= 11 is 0. The molecule has 1 aromatic carbocycles. The zero-order valence-electron chi connectivity index (χ0n) is 15.4. The summed E-state index contributed by atoms with van der Waals surface area (Å²) in [6.45, 7) is 1.31. The number of carbonyl (C=O) groups excluding carboxylic acids is 2. The Bertz CT molecular complexity index is 988. The van der Waals surface area contributed by atoms with Crippen molar-refractivity contribution in [3.05, 3.63) is 41.2 Å². The number of aryl methyl sites for hydroxylation is 1. The molecule has 0 bridgehead atoms. The van der Waals surface area contributed by atoms with Gasteiger partial charge in [0.15, 0.2) is 6.61 Å². The van der Waals surface area contributed by atoms with Gasteiger partial charge in [-0.2, -0.15) is 0 Å². The maximum Gasteiger partial charge on any atom is 0.262 e. The van der Waals surface area contributed by atoms with Crippen LogP contribution in [-0.4, -0.2) is 46.4 Å². The van der Waals surface area contributed by atoms with E-state index >= 15 is 0 Å². The Hall–Kier alpha value is -3.16. The Kier molecular flexibility index (Phi) is 3.75. The number of rotatable bonds is 1. The lowest BCUT2D eigenvalue weighted by Crippen LogP contribution is -2.48. The van der Waals surface area contributed by atoms with E-state index in [2.05, 4.69) is 15.3 Å². The number of hydrogen-bond donors (Lipinski definition) is 2. The van der Waals surface area contributed by atoms with Crippen molar-refractivity contribution in [3.8, 4) is 5.75 Å². The number of nitrogen functional groups attached to an aromatic ring is 1. The second-order valence-electron chi connectivity index (χ2n) is 7.76. The third kappa shape index (κ3) is 2.67. The summed E-state index contributed by atoms with van der Waals surface area (Å²) in [5.41, 5.74) is 9.00. The van der Waals surface area contributed by atoms with E-state index in [1.54, 1.807) is 18.2 Å². The van der Waals surface area contributed by atoms with Gasteiger partial charge in [0.05, 0.1) is 11.4 Å². The number of likely N-dealkylation sites (tertiary alicyclic amines) is 1. The highest BCUT2D eigenvalue weighted by molar-refractivity contribution is 5.99. The number of hydrogen-bond acceptors (Lipinski definition) is 6. The van der Waals surface area contributed by atoms with E-state index in [9.17, 15) is 9.59 Å². The number of piperidine rings is 1. The summed E-state index contributed by atoms with van der Waals surface area (Å²) in [5.74, 6) is 0.602. The van der Waals surface area contributed by atoms with Gasteiger partial charge in [0.1, 0.15) is 5.75 Å². The Balaban J connectivity index is 1.41. The first kappa shape index (κ1) is 17.0. The number of aromatic nitrogens is 2. The van der Waals surface area contributed by atoms with Gasteiger partial charge in [-0.25, -0.2) is 9.97 Å². The third-order valence-corrected chi connectivity index (χ3v) is 5.98. The average molecular weight is 379 g/mol. The molecule has 3 heterocycles. The van der Waals surface area contributed by atoms with Gasteiger partial charge in [0.25, 0.3) is 11.8 Å². The van der Waals surface area contributed by atoms with Crippen LogP contribution in [0.3, 0.4) is 0 Å². The van der Waals surface area contributed by atoms with Crippen LogP contribution in [0.4, 0.5) is 11.6 Å². The number of ether oxygens (including phenoxy) is 1. The first-order chi connectivity index (χ1) is 13.5. The number of anilines is 2. The van der Waals surface area contributed by atoms with Crippen LogP contribution in [0.2, 0.25) is 0 Å². The SMILES string of the molecule is Nc1ncc2c(n1)C1(CCCN(C(=O)c3ccc4c(c3)OCC(=O)N4)C1)CC2. The smallest absolute Gasteiger partial charge is 0.262 e. The Morgan fingerprint density at radius 1 is 1.32 bits per heavy atom. The lowest BCUT2D eigenvalue weighted by atomic mass is 9.77. The predicted molar refractivity (Wildman–Crippen MR) is 102 cm³/mol. The Morgan fingerprint density at radius 2 is 2.21 bits per heavy atom. The molecule has 144 valence electrons. The number of amides is 2. The number of nitrogens with two attached hydrogens (primary N) is 1. The molecule has 0 saturated carbocycles. The Labute approximate surface area is 162 Å². The van der Waals surface area contributed by atoms with E-state index in [1.807, 2.05) is 11.1 Å². The van der Waals surface area contributed by atoms with Crippen molar-refractivity contribution in [3.63, 3.8) is 0 Å². The van der Waals surface area contributed by atoms with Crippen molar-refractivity contribution >= 4 is 23.5 Å². The lowest BCUT2D eigenvalue weighted by Gasteiger charge is -2.40. The molecule has 3 N–H and O–H groups in total. The zero-order valence-corrected chi connectivity index (χ0v) is 15.4. The maximum absolute atomic E-state index is 13.2. The van der Waals surface area contributed by atoms with Crippen LogP contribution in [-0.2, 0) is 16.6 Å². The molecule has 28 heavy (non-hydrogen) atoms. The van der Waals surface area contributed by atoms with Crippen molar-refractivity contribution < 1.29 is 14.3 Å². The van der Waals surface area contributed by atoms with Crippen molar-refractivity contribution in [2.24, 2.45) is 0 Å². The molecule has 3 aliphatic rings. The van der Waals surface area contributed by atoms with Gasteiger partial charge in [0.2, 0.25) is 5.95 Å². The molecular formula is C20H21N5O3. The van der Waals surface area contributed by atoms with Gasteiger partial charge in [-0.1, -0.05) is 0 Å². The zero-order chi connectivity index (χ0) is 19.3.